The van der Waals surface area contributed by atoms with E-state index in [0.29, 0.717) is 11.1 Å². The highest BCUT2D eigenvalue weighted by atomic mass is 35.5. The van der Waals surface area contributed by atoms with E-state index in [0.717, 1.165) is 0 Å². The maximum atomic E-state index is 12.5. The van der Waals surface area contributed by atoms with Crippen LogP contribution in [0.4, 0.5) is 0 Å². The molecule has 0 amide bonds. The smallest absolute Gasteiger partial charge is 0.334 e. The number of carbonyl (C=O) groups excluding carboxylic acids is 3. The number of allylic oxidation sites excluding steroid dienone is 1. The average Bonchev–Trinajstić information content (AvgIpc) is 3.11. The summed E-state index contributed by atoms with van der Waals surface area (Å²) in [7, 11) is 0. The Morgan fingerprint density at radius 1 is 1.35 bits per heavy atom. The van der Waals surface area contributed by atoms with Gasteiger partial charge in [0.25, 0.3) is 0 Å². The van der Waals surface area contributed by atoms with Gasteiger partial charge < -0.3 is 24.4 Å². The Labute approximate surface area is 185 Å². The molecule has 0 spiro atoms. The van der Waals surface area contributed by atoms with Crippen LogP contribution in [0, 0.1) is 11.8 Å². The quantitative estimate of drug-likeness (QED) is 0.216. The molecule has 1 heterocycles. The monoisotopic (exact) mass is 454 g/mol. The van der Waals surface area contributed by atoms with Crippen molar-refractivity contribution in [1.82, 2.24) is 0 Å². The van der Waals surface area contributed by atoms with E-state index in [1.54, 1.807) is 26.8 Å². The summed E-state index contributed by atoms with van der Waals surface area (Å²) >= 11 is 6.18. The molecule has 7 unspecified atom stereocenters. The van der Waals surface area contributed by atoms with Gasteiger partial charge in [0.05, 0.1) is 23.3 Å². The molecule has 0 aromatic heterocycles. The van der Waals surface area contributed by atoms with Crippen molar-refractivity contribution >= 4 is 29.5 Å². The zero-order chi connectivity index (χ0) is 23.3. The van der Waals surface area contributed by atoms with Crippen molar-refractivity contribution in [1.29, 1.82) is 0 Å². The molecule has 2 fully saturated rings. The summed E-state index contributed by atoms with van der Waals surface area (Å²) in [6, 6.07) is 0. The first-order valence-electron chi connectivity index (χ1n) is 10.0. The van der Waals surface area contributed by atoms with E-state index in [1.807, 2.05) is 0 Å². The molecule has 8 nitrogen and oxygen atoms in total. The lowest BCUT2D eigenvalue weighted by Crippen LogP contribution is -2.59. The SMILES string of the molecule is C=C1C(=O)OC2C1C(OC(=O)/C(C)=C\C)CC(O)(CCl)C1C(OC(C)=O)C=C(C)C21O. The standard InChI is InChI=1S/C22H27ClO8/c1-6-10(2)19(25)30-15-8-21(27,9-23)17-14(29-13(5)24)7-11(3)22(17,28)18-16(15)12(4)20(26)31-18/h6-7,14-18,27-28H,4,8-9H2,1-3,5H3/b10-6-. The van der Waals surface area contributed by atoms with Crippen LogP contribution in [0.15, 0.2) is 35.5 Å². The molecule has 0 bridgehead atoms. The van der Waals surface area contributed by atoms with E-state index in [4.69, 9.17) is 25.8 Å². The second kappa shape index (κ2) is 8.07. The number of carbonyl (C=O) groups is 3. The largest absolute Gasteiger partial charge is 0.458 e. The minimum Gasteiger partial charge on any atom is -0.458 e. The van der Waals surface area contributed by atoms with Gasteiger partial charge in [0.1, 0.15) is 23.9 Å². The van der Waals surface area contributed by atoms with Gasteiger partial charge >= 0.3 is 17.9 Å². The van der Waals surface area contributed by atoms with Crippen LogP contribution in [0.5, 0.6) is 0 Å². The zero-order valence-electron chi connectivity index (χ0n) is 17.9. The fraction of sp³-hybridized carbons (Fsp3) is 0.591. The van der Waals surface area contributed by atoms with E-state index in [2.05, 4.69) is 6.58 Å². The molecule has 31 heavy (non-hydrogen) atoms. The molecule has 1 saturated carbocycles. The topological polar surface area (TPSA) is 119 Å². The van der Waals surface area contributed by atoms with Gasteiger partial charge in [0.2, 0.25) is 0 Å². The van der Waals surface area contributed by atoms with Crippen LogP contribution < -0.4 is 0 Å². The number of hydrogen-bond donors (Lipinski definition) is 2. The lowest BCUT2D eigenvalue weighted by atomic mass is 9.71. The van der Waals surface area contributed by atoms with Crippen LogP contribution >= 0.6 is 11.6 Å². The van der Waals surface area contributed by atoms with Gasteiger partial charge in [-0.2, -0.15) is 0 Å². The van der Waals surface area contributed by atoms with Crippen LogP contribution in [0.3, 0.4) is 0 Å². The molecule has 0 aromatic carbocycles. The molecule has 1 aliphatic heterocycles. The highest BCUT2D eigenvalue weighted by molar-refractivity contribution is 6.18. The summed E-state index contributed by atoms with van der Waals surface area (Å²) in [6.07, 6.45) is -0.424. The molecule has 0 aromatic rings. The molecule has 9 heteroatoms. The van der Waals surface area contributed by atoms with Crippen LogP contribution in [-0.4, -0.2) is 63.5 Å². The van der Waals surface area contributed by atoms with Crippen molar-refractivity contribution in [3.63, 3.8) is 0 Å². The van der Waals surface area contributed by atoms with Crippen molar-refractivity contribution in [3.05, 3.63) is 35.5 Å². The van der Waals surface area contributed by atoms with E-state index in [9.17, 15) is 24.6 Å². The van der Waals surface area contributed by atoms with Gasteiger partial charge in [-0.3, -0.25) is 4.79 Å². The Morgan fingerprint density at radius 2 is 2.00 bits per heavy atom. The summed E-state index contributed by atoms with van der Waals surface area (Å²) < 4.78 is 16.5. The number of esters is 3. The summed E-state index contributed by atoms with van der Waals surface area (Å²) in [5.41, 5.74) is -3.03. The van der Waals surface area contributed by atoms with Gasteiger partial charge in [-0.25, -0.2) is 9.59 Å². The summed E-state index contributed by atoms with van der Waals surface area (Å²) in [5, 5.41) is 23.5. The molecule has 0 radical (unpaired) electrons. The molecule has 170 valence electrons. The van der Waals surface area contributed by atoms with Crippen LogP contribution in [0.2, 0.25) is 0 Å². The number of ether oxygens (including phenoxy) is 3. The number of halogens is 1. The minimum atomic E-state index is -1.92. The normalized spacial score (nSPS) is 39.8. The van der Waals surface area contributed by atoms with Gasteiger partial charge in [0, 0.05) is 24.5 Å². The van der Waals surface area contributed by atoms with Crippen LogP contribution in [0.1, 0.15) is 34.1 Å². The molecule has 2 N–H and O–H groups in total. The van der Waals surface area contributed by atoms with Gasteiger partial charge in [-0.1, -0.05) is 12.7 Å². The predicted octanol–water partition coefficient (Wildman–Crippen LogP) is 1.57. The first-order chi connectivity index (χ1) is 14.4. The molecule has 1 saturated heterocycles. The van der Waals surface area contributed by atoms with Crippen LogP contribution in [-0.2, 0) is 28.6 Å². The van der Waals surface area contributed by atoms with E-state index < -0.39 is 59.3 Å². The predicted molar refractivity (Wildman–Crippen MR) is 110 cm³/mol. The van der Waals surface area contributed by atoms with Crippen molar-refractivity contribution in [2.24, 2.45) is 11.8 Å². The van der Waals surface area contributed by atoms with E-state index in [1.165, 1.54) is 13.0 Å². The molecule has 3 aliphatic rings. The van der Waals surface area contributed by atoms with Gasteiger partial charge in [-0.05, 0) is 32.4 Å². The maximum Gasteiger partial charge on any atom is 0.334 e. The minimum absolute atomic E-state index is 0.0238. The van der Waals surface area contributed by atoms with E-state index >= 15 is 0 Å². The summed E-state index contributed by atoms with van der Waals surface area (Å²) in [5.74, 6) is -4.42. The zero-order valence-corrected chi connectivity index (χ0v) is 18.6. The second-order valence-corrected chi connectivity index (χ2v) is 8.73. The number of fused-ring (bicyclic) bond motifs is 3. The Balaban J connectivity index is 2.16. The number of hydrogen-bond acceptors (Lipinski definition) is 8. The average molecular weight is 455 g/mol. The van der Waals surface area contributed by atoms with Crippen molar-refractivity contribution in [2.45, 2.75) is 63.6 Å². The van der Waals surface area contributed by atoms with E-state index in [-0.39, 0.29) is 17.9 Å². The Bertz CT molecular complexity index is 892. The third-order valence-corrected chi connectivity index (χ3v) is 7.05. The third kappa shape index (κ3) is 3.60. The molecular formula is C22H27ClO8. The molecule has 2 aliphatic carbocycles. The fourth-order valence-corrected chi connectivity index (χ4v) is 5.23. The molecule has 7 atom stereocenters. The van der Waals surface area contributed by atoms with Crippen molar-refractivity contribution < 1.29 is 38.8 Å². The van der Waals surface area contributed by atoms with Gasteiger partial charge in [-0.15, -0.1) is 11.6 Å². The number of rotatable bonds is 4. The van der Waals surface area contributed by atoms with Gasteiger partial charge in [0.15, 0.2) is 0 Å². The first kappa shape index (κ1) is 23.5. The number of aliphatic hydroxyl groups is 2. The molecule has 3 rings (SSSR count). The Kier molecular flexibility index (Phi) is 6.12. The second-order valence-electron chi connectivity index (χ2n) is 8.46. The van der Waals surface area contributed by atoms with Crippen molar-refractivity contribution in [2.75, 3.05) is 5.88 Å². The molecular weight excluding hydrogens is 428 g/mol. The fourth-order valence-electron chi connectivity index (χ4n) is 4.95. The lowest BCUT2D eigenvalue weighted by Gasteiger charge is -2.43. The maximum absolute atomic E-state index is 12.5. The summed E-state index contributed by atoms with van der Waals surface area (Å²) in [6.45, 7) is 9.83. The highest BCUT2D eigenvalue weighted by Crippen LogP contribution is 2.56. The highest BCUT2D eigenvalue weighted by Gasteiger charge is 2.70. The Morgan fingerprint density at radius 3 is 2.55 bits per heavy atom. The number of alkyl halides is 1. The Hall–Kier alpha value is -2.16. The van der Waals surface area contributed by atoms with Crippen LogP contribution in [0.25, 0.3) is 0 Å². The lowest BCUT2D eigenvalue weighted by molar-refractivity contribution is -0.183. The third-order valence-electron chi connectivity index (χ3n) is 6.59. The van der Waals surface area contributed by atoms with Crippen molar-refractivity contribution in [3.8, 4) is 0 Å². The first-order valence-corrected chi connectivity index (χ1v) is 10.5. The summed E-state index contributed by atoms with van der Waals surface area (Å²) in [4.78, 5) is 36.6.